The zero-order valence-corrected chi connectivity index (χ0v) is 28.7. The summed E-state index contributed by atoms with van der Waals surface area (Å²) >= 11 is 12.4. The molecule has 0 aliphatic carbocycles. The van der Waals surface area contributed by atoms with Crippen molar-refractivity contribution in [1.82, 2.24) is 10.2 Å². The molecule has 2 amide bonds. The highest BCUT2D eigenvalue weighted by molar-refractivity contribution is 7.92. The van der Waals surface area contributed by atoms with Crippen LogP contribution in [0.2, 0.25) is 10.0 Å². The van der Waals surface area contributed by atoms with E-state index in [0.717, 1.165) is 12.1 Å². The lowest BCUT2D eigenvalue weighted by atomic mass is 10.0. The fourth-order valence-electron chi connectivity index (χ4n) is 4.93. The molecule has 1 N–H and O–H groups in total. The van der Waals surface area contributed by atoms with Gasteiger partial charge < -0.3 is 10.2 Å². The summed E-state index contributed by atoms with van der Waals surface area (Å²) in [6.07, 6.45) is -4.74. The number of carbonyl (C=O) groups is 2. The van der Waals surface area contributed by atoms with Crippen molar-refractivity contribution in [2.24, 2.45) is 0 Å². The Morgan fingerprint density at radius 2 is 1.42 bits per heavy atom. The van der Waals surface area contributed by atoms with Crippen LogP contribution in [0.3, 0.4) is 0 Å². The van der Waals surface area contributed by atoms with Crippen LogP contribution in [0.25, 0.3) is 0 Å². The zero-order chi connectivity index (χ0) is 35.3. The first-order valence-corrected chi connectivity index (χ1v) is 17.0. The van der Waals surface area contributed by atoms with Gasteiger partial charge in [-0.1, -0.05) is 83.9 Å². The number of sulfonamides is 1. The van der Waals surface area contributed by atoms with Gasteiger partial charge >= 0.3 is 6.18 Å². The maximum absolute atomic E-state index is 14.5. The van der Waals surface area contributed by atoms with Crippen LogP contribution in [0.5, 0.6) is 0 Å². The largest absolute Gasteiger partial charge is 0.416 e. The van der Waals surface area contributed by atoms with Crippen molar-refractivity contribution in [2.45, 2.75) is 56.4 Å². The highest BCUT2D eigenvalue weighted by Gasteiger charge is 2.37. The summed E-state index contributed by atoms with van der Waals surface area (Å²) < 4.78 is 70.0. The zero-order valence-electron chi connectivity index (χ0n) is 26.3. The van der Waals surface area contributed by atoms with Gasteiger partial charge in [-0.25, -0.2) is 8.42 Å². The maximum Gasteiger partial charge on any atom is 0.416 e. The summed E-state index contributed by atoms with van der Waals surface area (Å²) in [5, 5.41) is 3.36. The predicted molar refractivity (Wildman–Crippen MR) is 181 cm³/mol. The van der Waals surface area contributed by atoms with Gasteiger partial charge in [0.25, 0.3) is 10.0 Å². The Balaban J connectivity index is 1.86. The van der Waals surface area contributed by atoms with Crippen molar-refractivity contribution in [3.63, 3.8) is 0 Å². The summed E-state index contributed by atoms with van der Waals surface area (Å²) in [7, 11) is -4.58. The van der Waals surface area contributed by atoms with Crippen molar-refractivity contribution in [1.29, 1.82) is 0 Å². The summed E-state index contributed by atoms with van der Waals surface area (Å²) in [6.45, 7) is 4.20. The number of halogens is 5. The average molecular weight is 721 g/mol. The fourth-order valence-corrected chi connectivity index (χ4v) is 6.68. The van der Waals surface area contributed by atoms with Gasteiger partial charge in [0.05, 0.1) is 26.2 Å². The normalized spacial score (nSPS) is 12.7. The summed E-state index contributed by atoms with van der Waals surface area (Å²) in [4.78, 5) is 29.4. The van der Waals surface area contributed by atoms with E-state index in [1.807, 2.05) is 0 Å². The number of rotatable bonds is 11. The monoisotopic (exact) mass is 719 g/mol. The first kappa shape index (κ1) is 36.8. The number of benzene rings is 4. The van der Waals surface area contributed by atoms with Crippen molar-refractivity contribution < 1.29 is 31.2 Å². The van der Waals surface area contributed by atoms with Crippen molar-refractivity contribution in [2.75, 3.05) is 10.8 Å². The predicted octanol–water partition coefficient (Wildman–Crippen LogP) is 7.76. The summed E-state index contributed by atoms with van der Waals surface area (Å²) in [6, 6.07) is 23.2. The molecule has 4 aromatic rings. The van der Waals surface area contributed by atoms with E-state index in [1.54, 1.807) is 63.2 Å². The molecule has 0 aromatic heterocycles. The molecular formula is C35H34Cl2F3N3O4S. The molecule has 1 atom stereocenters. The van der Waals surface area contributed by atoms with E-state index in [9.17, 15) is 31.2 Å². The van der Waals surface area contributed by atoms with Crippen LogP contribution in [0, 0.1) is 0 Å². The minimum Gasteiger partial charge on any atom is -0.350 e. The number of anilines is 1. The Hall–Kier alpha value is -4.06. The Bertz CT molecular complexity index is 1850. The second-order valence-corrected chi connectivity index (χ2v) is 14.8. The molecule has 0 bridgehead atoms. The van der Waals surface area contributed by atoms with Gasteiger partial charge in [0.1, 0.15) is 12.6 Å². The third kappa shape index (κ3) is 9.52. The highest BCUT2D eigenvalue weighted by atomic mass is 35.5. The van der Waals surface area contributed by atoms with E-state index in [0.29, 0.717) is 21.5 Å². The molecule has 4 aromatic carbocycles. The lowest BCUT2D eigenvalue weighted by Crippen LogP contribution is -2.56. The van der Waals surface area contributed by atoms with E-state index >= 15 is 0 Å². The molecule has 7 nitrogen and oxygen atoms in total. The lowest BCUT2D eigenvalue weighted by molar-refractivity contribution is -0.140. The molecule has 0 aliphatic heterocycles. The molecule has 0 radical (unpaired) electrons. The van der Waals surface area contributed by atoms with Crippen molar-refractivity contribution >= 4 is 50.7 Å². The number of amides is 2. The van der Waals surface area contributed by atoms with E-state index in [4.69, 9.17) is 23.2 Å². The molecule has 0 saturated carbocycles. The quantitative estimate of drug-likeness (QED) is 0.172. The molecule has 13 heteroatoms. The maximum atomic E-state index is 14.5. The van der Waals surface area contributed by atoms with Crippen LogP contribution in [-0.4, -0.2) is 43.3 Å². The van der Waals surface area contributed by atoms with E-state index in [-0.39, 0.29) is 33.6 Å². The Kier molecular flexibility index (Phi) is 11.5. The highest BCUT2D eigenvalue weighted by Crippen LogP contribution is 2.34. The molecule has 0 spiro atoms. The van der Waals surface area contributed by atoms with Gasteiger partial charge in [0, 0.05) is 18.5 Å². The average Bonchev–Trinajstić information content (AvgIpc) is 3.02. The minimum absolute atomic E-state index is 0.0464. The minimum atomic E-state index is -4.78. The second-order valence-electron chi connectivity index (χ2n) is 12.1. The number of hydrogen-bond acceptors (Lipinski definition) is 4. The first-order chi connectivity index (χ1) is 22.5. The van der Waals surface area contributed by atoms with E-state index in [2.05, 4.69) is 5.32 Å². The number of hydrogen-bond donors (Lipinski definition) is 1. The fraction of sp³-hybridized carbons (Fsp3) is 0.257. The summed E-state index contributed by atoms with van der Waals surface area (Å²) in [5.74, 6) is -1.36. The molecule has 48 heavy (non-hydrogen) atoms. The van der Waals surface area contributed by atoms with Crippen LogP contribution < -0.4 is 9.62 Å². The van der Waals surface area contributed by atoms with Crippen molar-refractivity contribution in [3.05, 3.63) is 130 Å². The van der Waals surface area contributed by atoms with Crippen LogP contribution in [0.15, 0.2) is 108 Å². The molecule has 0 fully saturated rings. The molecule has 0 saturated heterocycles. The van der Waals surface area contributed by atoms with Crippen LogP contribution in [0.4, 0.5) is 18.9 Å². The van der Waals surface area contributed by atoms with Gasteiger partial charge in [-0.2, -0.15) is 13.2 Å². The van der Waals surface area contributed by atoms with E-state index in [1.165, 1.54) is 47.4 Å². The third-order valence-electron chi connectivity index (χ3n) is 7.18. The Morgan fingerprint density at radius 3 is 2.00 bits per heavy atom. The van der Waals surface area contributed by atoms with E-state index < -0.39 is 51.7 Å². The standard InChI is InChI=1S/C35H34Cl2F3N3O4S/c1-34(2,3)41-33(45)31(20-24-11-6-4-7-12-24)42(22-25-17-18-29(36)30(37)19-25)32(44)23-43(48(46,47)28-15-8-5-9-16-28)27-14-10-13-26(21-27)35(38,39)40/h4-19,21,31H,20,22-23H2,1-3H3,(H,41,45)/t31-/m1/s1. The Labute approximate surface area is 288 Å². The second kappa shape index (κ2) is 15.0. The SMILES string of the molecule is CC(C)(C)NC(=O)[C@@H](Cc1ccccc1)N(Cc1ccc(Cl)c(Cl)c1)C(=O)CN(c1cccc(C(F)(F)F)c1)S(=O)(=O)c1ccccc1. The smallest absolute Gasteiger partial charge is 0.350 e. The van der Waals surface area contributed by atoms with Gasteiger partial charge in [0.15, 0.2) is 0 Å². The number of alkyl halides is 3. The number of nitrogens with zero attached hydrogens (tertiary/aromatic N) is 2. The van der Waals surface area contributed by atoms with Gasteiger partial charge in [0.2, 0.25) is 11.8 Å². The molecule has 0 heterocycles. The third-order valence-corrected chi connectivity index (χ3v) is 9.70. The van der Waals surface area contributed by atoms with Crippen LogP contribution in [0.1, 0.15) is 37.5 Å². The molecular weight excluding hydrogens is 686 g/mol. The Morgan fingerprint density at radius 1 is 0.792 bits per heavy atom. The summed E-state index contributed by atoms with van der Waals surface area (Å²) in [5.41, 5.74) is -0.985. The topological polar surface area (TPSA) is 86.8 Å². The van der Waals surface area contributed by atoms with Crippen LogP contribution >= 0.6 is 23.2 Å². The first-order valence-electron chi connectivity index (χ1n) is 14.8. The van der Waals surface area contributed by atoms with Gasteiger partial charge in [-0.3, -0.25) is 13.9 Å². The van der Waals surface area contributed by atoms with Crippen LogP contribution in [-0.2, 0) is 38.8 Å². The number of carbonyl (C=O) groups excluding carboxylic acids is 2. The van der Waals surface area contributed by atoms with Gasteiger partial charge in [-0.15, -0.1) is 0 Å². The lowest BCUT2D eigenvalue weighted by Gasteiger charge is -2.35. The molecule has 4 rings (SSSR count). The molecule has 0 aliphatic rings. The van der Waals surface area contributed by atoms with Crippen molar-refractivity contribution in [3.8, 4) is 0 Å². The number of nitrogens with one attached hydrogen (secondary N) is 1. The molecule has 0 unspecified atom stereocenters. The van der Waals surface area contributed by atoms with Gasteiger partial charge in [-0.05, 0) is 74.4 Å². The molecule has 254 valence electrons.